The van der Waals surface area contributed by atoms with E-state index < -0.39 is 12.2 Å². The van der Waals surface area contributed by atoms with Crippen LogP contribution < -0.4 is 9.47 Å². The zero-order chi connectivity index (χ0) is 13.8. The molecular formula is C12H12F4O2. The molecule has 1 aromatic rings. The molecule has 0 saturated carbocycles. The number of fused-ring (bicyclic) bond motifs is 1. The highest BCUT2D eigenvalue weighted by Gasteiger charge is 2.65. The Morgan fingerprint density at radius 2 is 1.39 bits per heavy atom. The predicted octanol–water partition coefficient (Wildman–Crippen LogP) is 3.94. The molecule has 0 atom stereocenters. The van der Waals surface area contributed by atoms with Crippen LogP contribution in [-0.4, -0.2) is 12.2 Å². The zero-order valence-electron chi connectivity index (χ0n) is 10.1. The standard InChI is InChI=1S/C12H12F4O2/c1-10(2,3)7-4-5-8-9(6-7)18-12(15,16)11(13,14)17-8/h4-6H,1-3H3. The number of alkyl halides is 4. The fraction of sp³-hybridized carbons (Fsp3) is 0.500. The summed E-state index contributed by atoms with van der Waals surface area (Å²) >= 11 is 0. The lowest BCUT2D eigenvalue weighted by atomic mass is 9.87. The summed E-state index contributed by atoms with van der Waals surface area (Å²) in [5.74, 6) is -0.766. The van der Waals surface area contributed by atoms with Gasteiger partial charge in [-0.2, -0.15) is 17.6 Å². The van der Waals surface area contributed by atoms with Crippen LogP contribution in [0.3, 0.4) is 0 Å². The molecule has 1 aromatic carbocycles. The van der Waals surface area contributed by atoms with Gasteiger partial charge in [-0.25, -0.2) is 0 Å². The Kier molecular flexibility index (Phi) is 2.54. The summed E-state index contributed by atoms with van der Waals surface area (Å²) in [5, 5.41) is 0. The van der Waals surface area contributed by atoms with E-state index in [1.54, 1.807) is 6.07 Å². The van der Waals surface area contributed by atoms with Gasteiger partial charge in [-0.3, -0.25) is 0 Å². The van der Waals surface area contributed by atoms with Crippen molar-refractivity contribution in [3.8, 4) is 11.5 Å². The van der Waals surface area contributed by atoms with E-state index in [4.69, 9.17) is 0 Å². The third-order valence-electron chi connectivity index (χ3n) is 2.62. The second kappa shape index (κ2) is 3.52. The molecule has 0 fully saturated rings. The summed E-state index contributed by atoms with van der Waals surface area (Å²) < 4.78 is 59.8. The molecule has 100 valence electrons. The van der Waals surface area contributed by atoms with E-state index in [1.165, 1.54) is 12.1 Å². The van der Waals surface area contributed by atoms with Crippen LogP contribution in [-0.2, 0) is 5.41 Å². The van der Waals surface area contributed by atoms with Gasteiger partial charge in [-0.15, -0.1) is 0 Å². The summed E-state index contributed by atoms with van der Waals surface area (Å²) in [5.41, 5.74) is 0.374. The van der Waals surface area contributed by atoms with E-state index >= 15 is 0 Å². The normalized spacial score (nSPS) is 20.6. The average molecular weight is 264 g/mol. The summed E-state index contributed by atoms with van der Waals surface area (Å²) in [6, 6.07) is 4.04. The van der Waals surface area contributed by atoms with Crippen molar-refractivity contribution in [1.29, 1.82) is 0 Å². The number of hydrogen-bond donors (Lipinski definition) is 0. The van der Waals surface area contributed by atoms with Crippen molar-refractivity contribution in [2.45, 2.75) is 38.4 Å². The Bertz CT molecular complexity index is 477. The largest absolute Gasteiger partial charge is 0.507 e. The van der Waals surface area contributed by atoms with Gasteiger partial charge >= 0.3 is 12.2 Å². The van der Waals surface area contributed by atoms with Crippen LogP contribution in [0.25, 0.3) is 0 Å². The van der Waals surface area contributed by atoms with Gasteiger partial charge < -0.3 is 9.47 Å². The molecule has 0 aromatic heterocycles. The van der Waals surface area contributed by atoms with Crippen molar-refractivity contribution >= 4 is 0 Å². The van der Waals surface area contributed by atoms with Gasteiger partial charge in [0.25, 0.3) is 0 Å². The molecule has 0 radical (unpaired) electrons. The first-order valence-corrected chi connectivity index (χ1v) is 5.31. The minimum absolute atomic E-state index is 0.312. The molecule has 0 bridgehead atoms. The summed E-state index contributed by atoms with van der Waals surface area (Å²) in [4.78, 5) is 0. The van der Waals surface area contributed by atoms with Crippen molar-refractivity contribution in [1.82, 2.24) is 0 Å². The maximum atomic E-state index is 13.0. The fourth-order valence-corrected chi connectivity index (χ4v) is 1.53. The van der Waals surface area contributed by atoms with Crippen molar-refractivity contribution in [3.05, 3.63) is 23.8 Å². The second-order valence-corrected chi connectivity index (χ2v) is 5.15. The van der Waals surface area contributed by atoms with Crippen LogP contribution in [0.1, 0.15) is 26.3 Å². The second-order valence-electron chi connectivity index (χ2n) is 5.15. The van der Waals surface area contributed by atoms with Crippen LogP contribution in [0.15, 0.2) is 18.2 Å². The van der Waals surface area contributed by atoms with Crippen molar-refractivity contribution in [2.75, 3.05) is 0 Å². The number of ether oxygens (including phenoxy) is 2. The Hall–Kier alpha value is -1.46. The highest BCUT2D eigenvalue weighted by atomic mass is 19.3. The van der Waals surface area contributed by atoms with Crippen LogP contribution in [0.5, 0.6) is 11.5 Å². The Morgan fingerprint density at radius 1 is 0.889 bits per heavy atom. The molecule has 0 unspecified atom stereocenters. The molecule has 1 aliphatic heterocycles. The average Bonchev–Trinajstić information content (AvgIpc) is 2.16. The van der Waals surface area contributed by atoms with E-state index in [0.717, 1.165) is 0 Å². The topological polar surface area (TPSA) is 18.5 Å². The zero-order valence-corrected chi connectivity index (χ0v) is 10.1. The van der Waals surface area contributed by atoms with Crippen LogP contribution >= 0.6 is 0 Å². The molecule has 0 saturated heterocycles. The highest BCUT2D eigenvalue weighted by Crippen LogP contribution is 2.47. The fourth-order valence-electron chi connectivity index (χ4n) is 1.53. The lowest BCUT2D eigenvalue weighted by molar-refractivity contribution is -0.391. The first-order chi connectivity index (χ1) is 8.03. The van der Waals surface area contributed by atoms with Gasteiger partial charge in [0.2, 0.25) is 0 Å². The van der Waals surface area contributed by atoms with Gasteiger partial charge in [0.05, 0.1) is 0 Å². The molecule has 0 spiro atoms. The van der Waals surface area contributed by atoms with E-state index in [9.17, 15) is 17.6 Å². The van der Waals surface area contributed by atoms with E-state index in [0.29, 0.717) is 5.56 Å². The third kappa shape index (κ3) is 2.00. The maximum absolute atomic E-state index is 13.0. The molecule has 0 aliphatic carbocycles. The smallest absolute Gasteiger partial charge is 0.421 e. The number of halogens is 4. The summed E-state index contributed by atoms with van der Waals surface area (Å²) in [6.07, 6.45) is -9.33. The Balaban J connectivity index is 2.46. The molecule has 2 nitrogen and oxygen atoms in total. The molecule has 18 heavy (non-hydrogen) atoms. The minimum Gasteiger partial charge on any atom is -0.421 e. The highest BCUT2D eigenvalue weighted by molar-refractivity contribution is 5.46. The first kappa shape index (κ1) is 13.0. The predicted molar refractivity (Wildman–Crippen MR) is 56.3 cm³/mol. The van der Waals surface area contributed by atoms with Crippen molar-refractivity contribution < 1.29 is 27.0 Å². The van der Waals surface area contributed by atoms with Crippen LogP contribution in [0.2, 0.25) is 0 Å². The quantitative estimate of drug-likeness (QED) is 0.661. The van der Waals surface area contributed by atoms with Gasteiger partial charge in [-0.1, -0.05) is 26.8 Å². The molecular weight excluding hydrogens is 252 g/mol. The van der Waals surface area contributed by atoms with Gasteiger partial charge in [0, 0.05) is 0 Å². The molecule has 0 amide bonds. The molecule has 1 heterocycles. The third-order valence-corrected chi connectivity index (χ3v) is 2.62. The number of hydrogen-bond acceptors (Lipinski definition) is 2. The Morgan fingerprint density at radius 3 is 1.89 bits per heavy atom. The van der Waals surface area contributed by atoms with Crippen LogP contribution in [0, 0.1) is 0 Å². The lowest BCUT2D eigenvalue weighted by Crippen LogP contribution is -2.52. The van der Waals surface area contributed by atoms with E-state index in [-0.39, 0.29) is 16.9 Å². The van der Waals surface area contributed by atoms with E-state index in [2.05, 4.69) is 9.47 Å². The van der Waals surface area contributed by atoms with Gasteiger partial charge in [0.15, 0.2) is 11.5 Å². The SMILES string of the molecule is CC(C)(C)c1ccc2c(c1)OC(F)(F)C(F)(F)O2. The van der Waals surface area contributed by atoms with Crippen molar-refractivity contribution in [2.24, 2.45) is 0 Å². The van der Waals surface area contributed by atoms with Crippen molar-refractivity contribution in [3.63, 3.8) is 0 Å². The lowest BCUT2D eigenvalue weighted by Gasteiger charge is -2.32. The first-order valence-electron chi connectivity index (χ1n) is 5.31. The molecule has 6 heteroatoms. The van der Waals surface area contributed by atoms with E-state index in [1.807, 2.05) is 20.8 Å². The monoisotopic (exact) mass is 264 g/mol. The Labute approximate surface area is 102 Å². The van der Waals surface area contributed by atoms with Gasteiger partial charge in [0.1, 0.15) is 0 Å². The van der Waals surface area contributed by atoms with Gasteiger partial charge in [-0.05, 0) is 23.1 Å². The molecule has 0 N–H and O–H groups in total. The summed E-state index contributed by atoms with van der Waals surface area (Å²) in [6.45, 7) is 5.60. The maximum Gasteiger partial charge on any atom is 0.507 e. The summed E-state index contributed by atoms with van der Waals surface area (Å²) in [7, 11) is 0. The minimum atomic E-state index is -4.67. The van der Waals surface area contributed by atoms with Crippen LogP contribution in [0.4, 0.5) is 17.6 Å². The number of rotatable bonds is 0. The molecule has 2 rings (SSSR count). The molecule has 1 aliphatic rings. The number of benzene rings is 1.